The average molecular weight is 179 g/mol. The Hall–Kier alpha value is -1.09. The van der Waals surface area contributed by atoms with Gasteiger partial charge in [-0.1, -0.05) is 6.07 Å². The molecule has 2 heterocycles. The molecule has 1 saturated heterocycles. The Kier molecular flexibility index (Phi) is 1.26. The van der Waals surface area contributed by atoms with E-state index in [1.807, 2.05) is 6.07 Å². The number of halogens is 1. The molecule has 3 heteroatoms. The Labute approximate surface area is 75.7 Å². The summed E-state index contributed by atoms with van der Waals surface area (Å²) in [4.78, 5) is 0. The van der Waals surface area contributed by atoms with E-state index in [4.69, 9.17) is 4.74 Å². The van der Waals surface area contributed by atoms with Gasteiger partial charge in [0.15, 0.2) is 0 Å². The van der Waals surface area contributed by atoms with Gasteiger partial charge in [-0.25, -0.2) is 4.39 Å². The number of nitrogens with one attached hydrogen (secondary N) is 1. The summed E-state index contributed by atoms with van der Waals surface area (Å²) < 4.78 is 18.5. The second-order valence-electron chi connectivity index (χ2n) is 3.84. The van der Waals surface area contributed by atoms with E-state index in [9.17, 15) is 4.39 Å². The first kappa shape index (κ1) is 7.33. The summed E-state index contributed by atoms with van der Waals surface area (Å²) in [5.41, 5.74) is 1.75. The van der Waals surface area contributed by atoms with Crippen LogP contribution in [0.4, 0.5) is 10.1 Å². The molecule has 0 saturated carbocycles. The van der Waals surface area contributed by atoms with Crippen LogP contribution >= 0.6 is 0 Å². The van der Waals surface area contributed by atoms with Crippen LogP contribution in [-0.4, -0.2) is 18.8 Å². The second kappa shape index (κ2) is 2.23. The van der Waals surface area contributed by atoms with Gasteiger partial charge >= 0.3 is 0 Å². The van der Waals surface area contributed by atoms with E-state index in [1.54, 1.807) is 6.07 Å². The van der Waals surface area contributed by atoms with E-state index < -0.39 is 0 Å². The van der Waals surface area contributed by atoms with Gasteiger partial charge in [-0.15, -0.1) is 0 Å². The van der Waals surface area contributed by atoms with E-state index in [0.29, 0.717) is 13.2 Å². The molecule has 1 aromatic carbocycles. The number of ether oxygens (including phenoxy) is 1. The van der Waals surface area contributed by atoms with Crippen molar-refractivity contribution in [2.75, 3.05) is 18.5 Å². The number of fused-ring (bicyclic) bond motifs is 1. The fraction of sp³-hybridized carbons (Fsp3) is 0.400. The lowest BCUT2D eigenvalue weighted by atomic mass is 9.93. The maximum atomic E-state index is 13.3. The highest BCUT2D eigenvalue weighted by Gasteiger charge is 2.44. The molecule has 68 valence electrons. The smallest absolute Gasteiger partial charge is 0.128 e. The zero-order valence-electron chi connectivity index (χ0n) is 7.14. The minimum atomic E-state index is -0.103. The monoisotopic (exact) mass is 179 g/mol. The SMILES string of the molecule is Fc1cccc2c1CC1(COC1)N2. The maximum Gasteiger partial charge on any atom is 0.128 e. The molecule has 1 fully saturated rings. The zero-order valence-corrected chi connectivity index (χ0v) is 7.14. The van der Waals surface area contributed by atoms with Crippen molar-refractivity contribution >= 4 is 5.69 Å². The summed E-state index contributed by atoms with van der Waals surface area (Å²) in [6.45, 7) is 1.39. The summed E-state index contributed by atoms with van der Waals surface area (Å²) in [5.74, 6) is -0.103. The molecule has 0 aromatic heterocycles. The minimum absolute atomic E-state index is 0.00449. The quantitative estimate of drug-likeness (QED) is 0.652. The van der Waals surface area contributed by atoms with Crippen LogP contribution in [0.15, 0.2) is 18.2 Å². The van der Waals surface area contributed by atoms with Gasteiger partial charge in [0.2, 0.25) is 0 Å². The van der Waals surface area contributed by atoms with Gasteiger partial charge in [-0.05, 0) is 12.1 Å². The van der Waals surface area contributed by atoms with Crippen LogP contribution in [0.3, 0.4) is 0 Å². The van der Waals surface area contributed by atoms with Crippen molar-refractivity contribution in [3.63, 3.8) is 0 Å². The third-order valence-electron chi connectivity index (χ3n) is 2.79. The standard InChI is InChI=1S/C10H10FNO/c11-8-2-1-3-9-7(8)4-10(12-9)5-13-6-10/h1-3,12H,4-6H2. The Morgan fingerprint density at radius 3 is 2.85 bits per heavy atom. The molecule has 13 heavy (non-hydrogen) atoms. The maximum absolute atomic E-state index is 13.3. The van der Waals surface area contributed by atoms with Gasteiger partial charge in [0.05, 0.1) is 18.8 Å². The van der Waals surface area contributed by atoms with Gasteiger partial charge < -0.3 is 10.1 Å². The van der Waals surface area contributed by atoms with Crippen molar-refractivity contribution in [1.29, 1.82) is 0 Å². The summed E-state index contributed by atoms with van der Waals surface area (Å²) in [7, 11) is 0. The largest absolute Gasteiger partial charge is 0.376 e. The Bertz CT molecular complexity index is 360. The Morgan fingerprint density at radius 1 is 1.38 bits per heavy atom. The summed E-state index contributed by atoms with van der Waals surface area (Å²) >= 11 is 0. The lowest BCUT2D eigenvalue weighted by Crippen LogP contribution is -2.54. The highest BCUT2D eigenvalue weighted by atomic mass is 19.1. The topological polar surface area (TPSA) is 21.3 Å². The number of benzene rings is 1. The molecule has 1 aromatic rings. The normalized spacial score (nSPS) is 22.2. The summed E-state index contributed by atoms with van der Waals surface area (Å²) in [6.07, 6.45) is 0.759. The molecule has 0 amide bonds. The van der Waals surface area contributed by atoms with Crippen molar-refractivity contribution in [3.05, 3.63) is 29.6 Å². The molecule has 1 N–H and O–H groups in total. The molecule has 1 spiro atoms. The minimum Gasteiger partial charge on any atom is -0.376 e. The predicted molar refractivity (Wildman–Crippen MR) is 47.3 cm³/mol. The van der Waals surface area contributed by atoms with Crippen LogP contribution in [-0.2, 0) is 11.2 Å². The number of hydrogen-bond donors (Lipinski definition) is 1. The molecular weight excluding hydrogens is 169 g/mol. The molecule has 0 atom stereocenters. The van der Waals surface area contributed by atoms with E-state index in [0.717, 1.165) is 17.7 Å². The van der Waals surface area contributed by atoms with E-state index in [1.165, 1.54) is 6.07 Å². The number of anilines is 1. The summed E-state index contributed by atoms with van der Waals surface area (Å²) in [6, 6.07) is 5.17. The van der Waals surface area contributed by atoms with Crippen LogP contribution in [0, 0.1) is 5.82 Å². The molecule has 2 nitrogen and oxygen atoms in total. The van der Waals surface area contributed by atoms with Gasteiger partial charge in [-0.3, -0.25) is 0 Å². The fourth-order valence-electron chi connectivity index (χ4n) is 2.05. The first-order chi connectivity index (χ1) is 6.29. The molecule has 0 bridgehead atoms. The van der Waals surface area contributed by atoms with Crippen LogP contribution in [0.1, 0.15) is 5.56 Å². The van der Waals surface area contributed by atoms with Crippen molar-refractivity contribution in [2.24, 2.45) is 0 Å². The molecule has 2 aliphatic rings. The van der Waals surface area contributed by atoms with Crippen molar-refractivity contribution in [3.8, 4) is 0 Å². The van der Waals surface area contributed by atoms with Crippen molar-refractivity contribution in [2.45, 2.75) is 12.0 Å². The van der Waals surface area contributed by atoms with Gasteiger partial charge in [-0.2, -0.15) is 0 Å². The van der Waals surface area contributed by atoms with Crippen LogP contribution < -0.4 is 5.32 Å². The lowest BCUT2D eigenvalue weighted by molar-refractivity contribution is -0.0378. The molecule has 3 rings (SSSR count). The Morgan fingerprint density at radius 2 is 2.23 bits per heavy atom. The molecule has 0 aliphatic carbocycles. The van der Waals surface area contributed by atoms with E-state index >= 15 is 0 Å². The third kappa shape index (κ3) is 0.907. The fourth-order valence-corrected chi connectivity index (χ4v) is 2.05. The average Bonchev–Trinajstić information content (AvgIpc) is 2.44. The Balaban J connectivity index is 2.03. The molecule has 0 radical (unpaired) electrons. The summed E-state index contributed by atoms with van der Waals surface area (Å²) in [5, 5.41) is 3.32. The number of hydrogen-bond acceptors (Lipinski definition) is 2. The van der Waals surface area contributed by atoms with Gasteiger partial charge in [0.25, 0.3) is 0 Å². The van der Waals surface area contributed by atoms with E-state index in [2.05, 4.69) is 5.32 Å². The van der Waals surface area contributed by atoms with Gasteiger partial charge in [0.1, 0.15) is 5.82 Å². The van der Waals surface area contributed by atoms with Crippen LogP contribution in [0.25, 0.3) is 0 Å². The lowest BCUT2D eigenvalue weighted by Gasteiger charge is -2.38. The van der Waals surface area contributed by atoms with Crippen molar-refractivity contribution in [1.82, 2.24) is 0 Å². The van der Waals surface area contributed by atoms with Crippen LogP contribution in [0.2, 0.25) is 0 Å². The van der Waals surface area contributed by atoms with Crippen LogP contribution in [0.5, 0.6) is 0 Å². The molecule has 0 unspecified atom stereocenters. The number of rotatable bonds is 0. The molecule has 2 aliphatic heterocycles. The highest BCUT2D eigenvalue weighted by Crippen LogP contribution is 2.37. The second-order valence-corrected chi connectivity index (χ2v) is 3.84. The van der Waals surface area contributed by atoms with Crippen molar-refractivity contribution < 1.29 is 9.13 Å². The third-order valence-corrected chi connectivity index (χ3v) is 2.79. The van der Waals surface area contributed by atoms with Gasteiger partial charge in [0, 0.05) is 17.7 Å². The highest BCUT2D eigenvalue weighted by molar-refractivity contribution is 5.60. The van der Waals surface area contributed by atoms with E-state index in [-0.39, 0.29) is 11.4 Å². The zero-order chi connectivity index (χ0) is 8.89. The first-order valence-corrected chi connectivity index (χ1v) is 4.42. The first-order valence-electron chi connectivity index (χ1n) is 4.42. The predicted octanol–water partition coefficient (Wildman–Crippen LogP) is 1.56. The molecular formula is C10H10FNO.